The number of piperidine rings is 2. The van der Waals surface area contributed by atoms with Crippen LogP contribution >= 0.6 is 0 Å². The van der Waals surface area contributed by atoms with Gasteiger partial charge in [0.25, 0.3) is 5.91 Å². The molecule has 0 radical (unpaired) electrons. The van der Waals surface area contributed by atoms with Gasteiger partial charge < -0.3 is 24.0 Å². The van der Waals surface area contributed by atoms with Crippen molar-refractivity contribution < 1.29 is 37.0 Å². The molecule has 2 fully saturated rings. The summed E-state index contributed by atoms with van der Waals surface area (Å²) in [6.07, 6.45) is -0.712. The van der Waals surface area contributed by atoms with Crippen molar-refractivity contribution in [3.05, 3.63) is 59.2 Å². The Morgan fingerprint density at radius 1 is 0.872 bits per heavy atom. The Labute approximate surface area is 226 Å². The quantitative estimate of drug-likeness (QED) is 0.457. The zero-order valence-electron chi connectivity index (χ0n) is 22.3. The van der Waals surface area contributed by atoms with Gasteiger partial charge in [-0.05, 0) is 80.5 Å². The SMILES string of the molecule is COc1cc(C)cc(C(=O)N2CCC(OC3CCN(C(=O)CCc4ccc(OC(F)(F)F)cc4)CC3)CC2)c1. The first-order valence-electron chi connectivity index (χ1n) is 13.3. The summed E-state index contributed by atoms with van der Waals surface area (Å²) < 4.78 is 52.4. The molecule has 2 aromatic rings. The molecular formula is C29H35F3N2O5. The summed E-state index contributed by atoms with van der Waals surface area (Å²) in [7, 11) is 1.59. The Kier molecular flexibility index (Phi) is 9.37. The van der Waals surface area contributed by atoms with Crippen LogP contribution in [0.4, 0.5) is 13.2 Å². The number of nitrogens with zero attached hydrogens (tertiary/aromatic N) is 2. The van der Waals surface area contributed by atoms with Crippen LogP contribution in [0.2, 0.25) is 0 Å². The molecule has 2 aromatic carbocycles. The molecule has 0 atom stereocenters. The van der Waals surface area contributed by atoms with Crippen LogP contribution < -0.4 is 9.47 Å². The van der Waals surface area contributed by atoms with Crippen LogP contribution in [0.15, 0.2) is 42.5 Å². The number of carbonyl (C=O) groups is 2. The number of amides is 2. The zero-order chi connectivity index (χ0) is 28.0. The monoisotopic (exact) mass is 548 g/mol. The summed E-state index contributed by atoms with van der Waals surface area (Å²) in [6.45, 7) is 4.46. The van der Waals surface area contributed by atoms with Crippen molar-refractivity contribution in [3.8, 4) is 11.5 Å². The van der Waals surface area contributed by atoms with Crippen LogP contribution in [-0.2, 0) is 16.0 Å². The van der Waals surface area contributed by atoms with Gasteiger partial charge in [0.05, 0.1) is 19.3 Å². The summed E-state index contributed by atoms with van der Waals surface area (Å²) in [5.74, 6) is 0.440. The van der Waals surface area contributed by atoms with E-state index < -0.39 is 6.36 Å². The van der Waals surface area contributed by atoms with Gasteiger partial charge in [0.2, 0.25) is 5.91 Å². The maximum absolute atomic E-state index is 13.0. The lowest BCUT2D eigenvalue weighted by molar-refractivity contribution is -0.274. The number of halogens is 3. The van der Waals surface area contributed by atoms with Gasteiger partial charge in [-0.1, -0.05) is 12.1 Å². The summed E-state index contributed by atoms with van der Waals surface area (Å²) in [6, 6.07) is 11.2. The minimum Gasteiger partial charge on any atom is -0.497 e. The molecule has 10 heteroatoms. The van der Waals surface area contributed by atoms with Gasteiger partial charge in [-0.15, -0.1) is 13.2 Å². The van der Waals surface area contributed by atoms with Gasteiger partial charge in [-0.2, -0.15) is 0 Å². The Morgan fingerprint density at radius 3 is 2.03 bits per heavy atom. The number of carbonyl (C=O) groups excluding carboxylic acids is 2. The molecule has 0 unspecified atom stereocenters. The van der Waals surface area contributed by atoms with Gasteiger partial charge in [0.15, 0.2) is 0 Å². The molecule has 0 aromatic heterocycles. The molecule has 0 bridgehead atoms. The molecule has 7 nitrogen and oxygen atoms in total. The average Bonchev–Trinajstić information content (AvgIpc) is 2.91. The molecule has 2 aliphatic rings. The van der Waals surface area contributed by atoms with E-state index in [0.29, 0.717) is 50.3 Å². The highest BCUT2D eigenvalue weighted by atomic mass is 19.4. The van der Waals surface area contributed by atoms with Crippen LogP contribution in [0, 0.1) is 6.92 Å². The first-order valence-corrected chi connectivity index (χ1v) is 13.3. The van der Waals surface area contributed by atoms with Crippen molar-refractivity contribution >= 4 is 11.8 Å². The lowest BCUT2D eigenvalue weighted by Crippen LogP contribution is -2.45. The van der Waals surface area contributed by atoms with E-state index in [-0.39, 0.29) is 29.8 Å². The number of methoxy groups -OCH3 is 1. The maximum Gasteiger partial charge on any atom is 0.573 e. The number of aryl methyl sites for hydroxylation is 2. The molecule has 0 N–H and O–H groups in total. The van der Waals surface area contributed by atoms with E-state index in [9.17, 15) is 22.8 Å². The molecular weight excluding hydrogens is 513 g/mol. The molecule has 2 amide bonds. The summed E-state index contributed by atoms with van der Waals surface area (Å²) in [5.41, 5.74) is 2.40. The number of rotatable bonds is 8. The maximum atomic E-state index is 13.0. The van der Waals surface area contributed by atoms with Crippen LogP contribution in [0.3, 0.4) is 0 Å². The Balaban J connectivity index is 1.15. The van der Waals surface area contributed by atoms with Gasteiger partial charge >= 0.3 is 6.36 Å². The molecule has 2 aliphatic heterocycles. The fourth-order valence-corrected chi connectivity index (χ4v) is 5.15. The van der Waals surface area contributed by atoms with Crippen LogP contribution in [0.5, 0.6) is 11.5 Å². The Morgan fingerprint density at radius 2 is 1.46 bits per heavy atom. The third-order valence-electron chi connectivity index (χ3n) is 7.23. The summed E-state index contributed by atoms with van der Waals surface area (Å²) >= 11 is 0. The molecule has 0 spiro atoms. The second-order valence-corrected chi connectivity index (χ2v) is 10.1. The van der Waals surface area contributed by atoms with Crippen molar-refractivity contribution in [1.82, 2.24) is 9.80 Å². The van der Waals surface area contributed by atoms with E-state index in [0.717, 1.165) is 36.8 Å². The highest BCUT2D eigenvalue weighted by Crippen LogP contribution is 2.25. The van der Waals surface area contributed by atoms with Crippen molar-refractivity contribution in [2.75, 3.05) is 33.3 Å². The number of hydrogen-bond donors (Lipinski definition) is 0. The first-order chi connectivity index (χ1) is 18.6. The number of benzene rings is 2. The second-order valence-electron chi connectivity index (χ2n) is 10.1. The fraction of sp³-hybridized carbons (Fsp3) is 0.517. The summed E-state index contributed by atoms with van der Waals surface area (Å²) in [5, 5.41) is 0. The highest BCUT2D eigenvalue weighted by Gasteiger charge is 2.31. The predicted octanol–water partition coefficient (Wildman–Crippen LogP) is 5.15. The van der Waals surface area contributed by atoms with E-state index in [1.807, 2.05) is 28.9 Å². The van der Waals surface area contributed by atoms with Crippen molar-refractivity contribution in [3.63, 3.8) is 0 Å². The third kappa shape index (κ3) is 8.36. The highest BCUT2D eigenvalue weighted by molar-refractivity contribution is 5.95. The smallest absolute Gasteiger partial charge is 0.497 e. The normalized spacial score (nSPS) is 17.3. The van der Waals surface area contributed by atoms with E-state index >= 15 is 0 Å². The molecule has 4 rings (SSSR count). The average molecular weight is 549 g/mol. The van der Waals surface area contributed by atoms with Gasteiger partial charge in [-0.3, -0.25) is 9.59 Å². The number of ether oxygens (including phenoxy) is 3. The van der Waals surface area contributed by atoms with E-state index in [1.54, 1.807) is 25.3 Å². The number of hydrogen-bond acceptors (Lipinski definition) is 5. The minimum atomic E-state index is -4.72. The minimum absolute atomic E-state index is 0.00727. The van der Waals surface area contributed by atoms with Gasteiger partial charge in [0.1, 0.15) is 11.5 Å². The molecule has 0 saturated carbocycles. The van der Waals surface area contributed by atoms with Gasteiger partial charge in [-0.25, -0.2) is 0 Å². The first kappa shape index (κ1) is 28.7. The largest absolute Gasteiger partial charge is 0.573 e. The second kappa shape index (κ2) is 12.7. The zero-order valence-corrected chi connectivity index (χ0v) is 22.3. The third-order valence-corrected chi connectivity index (χ3v) is 7.23. The standard InChI is InChI=1S/C29H35F3N2O5/c1-20-17-22(19-26(18-20)37-2)28(36)34-15-11-24(12-16-34)38-23-9-13-33(14-10-23)27(35)8-5-21-3-6-25(7-4-21)39-29(30,31)32/h3-4,6-7,17-19,23-24H,5,8-16H2,1-2H3. The Bertz CT molecular complexity index is 1120. The number of alkyl halides is 3. The van der Waals surface area contributed by atoms with E-state index in [1.165, 1.54) is 12.1 Å². The molecule has 2 heterocycles. The number of likely N-dealkylation sites (tertiary alicyclic amines) is 2. The molecule has 39 heavy (non-hydrogen) atoms. The van der Waals surface area contributed by atoms with Crippen LogP contribution in [-0.4, -0.2) is 73.5 Å². The topological polar surface area (TPSA) is 68.3 Å². The summed E-state index contributed by atoms with van der Waals surface area (Å²) in [4.78, 5) is 29.3. The van der Waals surface area contributed by atoms with Gasteiger partial charge in [0, 0.05) is 38.2 Å². The lowest BCUT2D eigenvalue weighted by atomic mass is 10.0. The van der Waals surface area contributed by atoms with Crippen LogP contribution in [0.25, 0.3) is 0 Å². The Hall–Kier alpha value is -3.27. The van der Waals surface area contributed by atoms with Crippen molar-refractivity contribution in [2.24, 2.45) is 0 Å². The fourth-order valence-electron chi connectivity index (χ4n) is 5.15. The molecule has 212 valence electrons. The van der Waals surface area contributed by atoms with E-state index in [4.69, 9.17) is 9.47 Å². The predicted molar refractivity (Wildman–Crippen MR) is 139 cm³/mol. The van der Waals surface area contributed by atoms with Crippen LogP contribution in [0.1, 0.15) is 53.6 Å². The van der Waals surface area contributed by atoms with Crippen molar-refractivity contribution in [2.45, 2.75) is 64.0 Å². The van der Waals surface area contributed by atoms with Crippen molar-refractivity contribution in [1.29, 1.82) is 0 Å². The molecule has 0 aliphatic carbocycles. The lowest BCUT2D eigenvalue weighted by Gasteiger charge is -2.37. The van der Waals surface area contributed by atoms with E-state index in [2.05, 4.69) is 4.74 Å². The molecule has 2 saturated heterocycles.